The van der Waals surface area contributed by atoms with Gasteiger partial charge in [0, 0.05) is 17.2 Å². The number of carbonyl (C=O) groups excluding carboxylic acids is 1. The highest BCUT2D eigenvalue weighted by molar-refractivity contribution is 5.89. The highest BCUT2D eigenvalue weighted by Crippen LogP contribution is 2.22. The van der Waals surface area contributed by atoms with Gasteiger partial charge in [0.05, 0.1) is 6.61 Å². The number of hydrogen-bond acceptors (Lipinski definition) is 4. The molecule has 0 atom stereocenters. The predicted octanol–water partition coefficient (Wildman–Crippen LogP) is 2.98. The second-order valence-corrected chi connectivity index (χ2v) is 4.17. The van der Waals surface area contributed by atoms with E-state index in [4.69, 9.17) is 15.2 Å². The fraction of sp³-hybridized carbons (Fsp3) is 0.118. The lowest BCUT2D eigenvalue weighted by Crippen LogP contribution is -1.99. The van der Waals surface area contributed by atoms with Crippen molar-refractivity contribution in [2.24, 2.45) is 0 Å². The molecule has 0 aliphatic heterocycles. The van der Waals surface area contributed by atoms with Crippen molar-refractivity contribution in [1.29, 1.82) is 0 Å². The third kappa shape index (κ3) is 4.59. The molecule has 2 rings (SSSR count). The van der Waals surface area contributed by atoms with Crippen LogP contribution in [0.1, 0.15) is 12.5 Å². The minimum Gasteiger partial charge on any atom is -0.457 e. The first kappa shape index (κ1) is 14.5. The van der Waals surface area contributed by atoms with E-state index in [9.17, 15) is 4.79 Å². The minimum atomic E-state index is -0.528. The van der Waals surface area contributed by atoms with Gasteiger partial charge >= 0.3 is 5.97 Å². The van der Waals surface area contributed by atoms with Gasteiger partial charge in [0.2, 0.25) is 0 Å². The normalized spacial score (nSPS) is 9.38. The molecule has 0 fully saturated rings. The lowest BCUT2D eigenvalue weighted by atomic mass is 10.2. The molecule has 106 valence electrons. The first-order valence-corrected chi connectivity index (χ1v) is 6.49. The fourth-order valence-electron chi connectivity index (χ4n) is 1.57. The van der Waals surface area contributed by atoms with Crippen molar-refractivity contribution in [2.45, 2.75) is 6.92 Å². The summed E-state index contributed by atoms with van der Waals surface area (Å²) in [5.74, 6) is 6.00. The van der Waals surface area contributed by atoms with Crippen molar-refractivity contribution < 1.29 is 14.3 Å². The molecule has 4 nitrogen and oxygen atoms in total. The molecule has 4 heteroatoms. The second kappa shape index (κ2) is 7.01. The van der Waals surface area contributed by atoms with Gasteiger partial charge in [0.25, 0.3) is 0 Å². The van der Waals surface area contributed by atoms with E-state index < -0.39 is 5.97 Å². The summed E-state index contributed by atoms with van der Waals surface area (Å²) in [6, 6.07) is 14.3. The van der Waals surface area contributed by atoms with Crippen LogP contribution in [0.25, 0.3) is 0 Å². The molecular formula is C17H15NO3. The highest BCUT2D eigenvalue weighted by Gasteiger charge is 1.98. The number of rotatable bonds is 3. The lowest BCUT2D eigenvalue weighted by Gasteiger charge is -2.05. The van der Waals surface area contributed by atoms with Crippen LogP contribution in [0, 0.1) is 11.8 Å². The van der Waals surface area contributed by atoms with Crippen LogP contribution in [0.5, 0.6) is 11.5 Å². The Morgan fingerprint density at radius 3 is 2.19 bits per heavy atom. The van der Waals surface area contributed by atoms with E-state index in [0.29, 0.717) is 29.4 Å². The summed E-state index contributed by atoms with van der Waals surface area (Å²) < 4.78 is 10.4. The standard InChI is InChI=1S/C17H15NO3/c1-2-20-17(19)12-5-13-3-8-15(9-4-13)21-16-10-6-14(18)7-11-16/h3-4,6-11H,2,18H2,1H3. The van der Waals surface area contributed by atoms with Crippen LogP contribution >= 0.6 is 0 Å². The van der Waals surface area contributed by atoms with Gasteiger partial charge in [-0.05, 0) is 55.5 Å². The van der Waals surface area contributed by atoms with Crippen molar-refractivity contribution in [1.82, 2.24) is 0 Å². The van der Waals surface area contributed by atoms with Crippen molar-refractivity contribution in [3.8, 4) is 23.3 Å². The van der Waals surface area contributed by atoms with E-state index in [1.165, 1.54) is 0 Å². The van der Waals surface area contributed by atoms with E-state index in [-0.39, 0.29) is 0 Å². The van der Waals surface area contributed by atoms with Crippen molar-refractivity contribution in [3.63, 3.8) is 0 Å². The maximum atomic E-state index is 11.1. The molecule has 0 heterocycles. The number of esters is 1. The first-order valence-electron chi connectivity index (χ1n) is 6.49. The number of anilines is 1. The number of carbonyl (C=O) groups is 1. The zero-order valence-corrected chi connectivity index (χ0v) is 11.6. The molecule has 0 aliphatic rings. The summed E-state index contributed by atoms with van der Waals surface area (Å²) in [6.45, 7) is 2.06. The molecule has 0 aliphatic carbocycles. The van der Waals surface area contributed by atoms with Crippen molar-refractivity contribution in [2.75, 3.05) is 12.3 Å². The topological polar surface area (TPSA) is 61.5 Å². The average molecular weight is 281 g/mol. The van der Waals surface area contributed by atoms with Gasteiger partial charge in [0.15, 0.2) is 0 Å². The van der Waals surface area contributed by atoms with Crippen LogP contribution in [-0.4, -0.2) is 12.6 Å². The SMILES string of the molecule is CCOC(=O)C#Cc1ccc(Oc2ccc(N)cc2)cc1. The summed E-state index contributed by atoms with van der Waals surface area (Å²) >= 11 is 0. The van der Waals surface area contributed by atoms with Crippen molar-refractivity contribution >= 4 is 11.7 Å². The predicted molar refractivity (Wildman–Crippen MR) is 80.9 cm³/mol. The molecule has 0 saturated heterocycles. The Bertz CT molecular complexity index is 664. The largest absolute Gasteiger partial charge is 0.457 e. The zero-order valence-electron chi connectivity index (χ0n) is 11.6. The molecule has 0 spiro atoms. The van der Waals surface area contributed by atoms with E-state index in [2.05, 4.69) is 11.8 Å². The Labute approximate surface area is 123 Å². The molecule has 0 aromatic heterocycles. The fourth-order valence-corrected chi connectivity index (χ4v) is 1.57. The molecule has 2 aromatic carbocycles. The van der Waals surface area contributed by atoms with Crippen molar-refractivity contribution in [3.05, 3.63) is 54.1 Å². The summed E-state index contributed by atoms with van der Waals surface area (Å²) in [4.78, 5) is 11.1. The Hall–Kier alpha value is -2.93. The quantitative estimate of drug-likeness (QED) is 0.534. The third-order valence-electron chi connectivity index (χ3n) is 2.55. The Morgan fingerprint density at radius 2 is 1.62 bits per heavy atom. The molecule has 0 saturated carbocycles. The van der Waals surface area contributed by atoms with Gasteiger partial charge < -0.3 is 15.2 Å². The third-order valence-corrected chi connectivity index (χ3v) is 2.55. The highest BCUT2D eigenvalue weighted by atomic mass is 16.5. The van der Waals surface area contributed by atoms with Gasteiger partial charge in [-0.3, -0.25) is 0 Å². The summed E-state index contributed by atoms with van der Waals surface area (Å²) in [7, 11) is 0. The molecule has 0 radical (unpaired) electrons. The molecule has 0 amide bonds. The summed E-state index contributed by atoms with van der Waals surface area (Å²) in [5.41, 5.74) is 7.01. The van der Waals surface area contributed by atoms with E-state index in [1.54, 1.807) is 55.5 Å². The molecule has 2 N–H and O–H groups in total. The Balaban J connectivity index is 2.02. The van der Waals surface area contributed by atoms with Gasteiger partial charge in [0.1, 0.15) is 11.5 Å². The van der Waals surface area contributed by atoms with Gasteiger partial charge in [-0.25, -0.2) is 4.79 Å². The van der Waals surface area contributed by atoms with Crippen LogP contribution in [0.2, 0.25) is 0 Å². The number of hydrogen-bond donors (Lipinski definition) is 1. The van der Waals surface area contributed by atoms with E-state index >= 15 is 0 Å². The molecular weight excluding hydrogens is 266 g/mol. The number of nitrogens with two attached hydrogens (primary N) is 1. The number of nitrogen functional groups attached to an aromatic ring is 1. The Kier molecular flexibility index (Phi) is 4.84. The van der Waals surface area contributed by atoms with E-state index in [0.717, 1.165) is 0 Å². The van der Waals surface area contributed by atoms with Gasteiger partial charge in [-0.1, -0.05) is 5.92 Å². The average Bonchev–Trinajstić information content (AvgIpc) is 2.49. The van der Waals surface area contributed by atoms with Gasteiger partial charge in [-0.2, -0.15) is 0 Å². The maximum absolute atomic E-state index is 11.1. The van der Waals surface area contributed by atoms with Crippen LogP contribution in [0.3, 0.4) is 0 Å². The zero-order chi connectivity index (χ0) is 15.1. The van der Waals surface area contributed by atoms with Crippen LogP contribution in [0.4, 0.5) is 5.69 Å². The minimum absolute atomic E-state index is 0.321. The molecule has 21 heavy (non-hydrogen) atoms. The molecule has 0 unspecified atom stereocenters. The molecule has 2 aromatic rings. The summed E-state index contributed by atoms with van der Waals surface area (Å²) in [6.07, 6.45) is 0. The van der Waals surface area contributed by atoms with Gasteiger partial charge in [-0.15, -0.1) is 0 Å². The second-order valence-electron chi connectivity index (χ2n) is 4.17. The lowest BCUT2D eigenvalue weighted by molar-refractivity contribution is -0.136. The molecule has 0 bridgehead atoms. The maximum Gasteiger partial charge on any atom is 0.384 e. The number of benzene rings is 2. The van der Waals surface area contributed by atoms with E-state index in [1.807, 2.05) is 0 Å². The first-order chi connectivity index (χ1) is 10.2. The number of ether oxygens (including phenoxy) is 2. The summed E-state index contributed by atoms with van der Waals surface area (Å²) in [5, 5.41) is 0. The van der Waals surface area contributed by atoms with Crippen LogP contribution in [0.15, 0.2) is 48.5 Å². The van der Waals surface area contributed by atoms with Crippen LogP contribution in [-0.2, 0) is 9.53 Å². The smallest absolute Gasteiger partial charge is 0.384 e. The van der Waals surface area contributed by atoms with Crippen LogP contribution < -0.4 is 10.5 Å². The Morgan fingerprint density at radius 1 is 1.05 bits per heavy atom. The monoisotopic (exact) mass is 281 g/mol.